The van der Waals surface area contributed by atoms with Gasteiger partial charge >= 0.3 is 6.09 Å². The number of carbonyl (C=O) groups is 4. The van der Waals surface area contributed by atoms with Crippen LogP contribution in [0.5, 0.6) is 5.75 Å². The number of nitrogens with one attached hydrogen (secondary N) is 2. The summed E-state index contributed by atoms with van der Waals surface area (Å²) in [5.74, 6) is -1.07. The fourth-order valence-electron chi connectivity index (χ4n) is 4.01. The van der Waals surface area contributed by atoms with Crippen LogP contribution in [-0.2, 0) is 36.7 Å². The van der Waals surface area contributed by atoms with E-state index >= 15 is 0 Å². The van der Waals surface area contributed by atoms with Gasteiger partial charge in [0.1, 0.15) is 11.4 Å². The number of rotatable bonds is 13. The van der Waals surface area contributed by atoms with Crippen LogP contribution < -0.4 is 15.4 Å². The molecule has 1 saturated heterocycles. The number of alkyl carbamates (subject to hydrolysis) is 1. The van der Waals surface area contributed by atoms with Crippen LogP contribution in [-0.4, -0.2) is 62.1 Å². The molecule has 0 bridgehead atoms. The van der Waals surface area contributed by atoms with Crippen molar-refractivity contribution in [1.82, 2.24) is 10.6 Å². The van der Waals surface area contributed by atoms with Gasteiger partial charge in [-0.25, -0.2) is 4.79 Å². The van der Waals surface area contributed by atoms with Crippen LogP contribution >= 0.6 is 0 Å². The van der Waals surface area contributed by atoms with Gasteiger partial charge < -0.3 is 24.8 Å². The zero-order valence-corrected chi connectivity index (χ0v) is 21.6. The molecule has 1 aliphatic rings. The Kier molecular flexibility index (Phi) is 9.41. The third-order valence-electron chi connectivity index (χ3n) is 6.48. The van der Waals surface area contributed by atoms with Crippen LogP contribution in [0.1, 0.15) is 31.4 Å². The number of amides is 2. The zero-order chi connectivity index (χ0) is 27.0. The second-order valence-electron chi connectivity index (χ2n) is 9.41. The Bertz CT molecular complexity index is 1100. The van der Waals surface area contributed by atoms with Crippen molar-refractivity contribution in [3.8, 4) is 5.75 Å². The second-order valence-corrected chi connectivity index (χ2v) is 9.41. The highest BCUT2D eigenvalue weighted by atomic mass is 16.6. The summed E-state index contributed by atoms with van der Waals surface area (Å²) in [5, 5.41) is 5.34. The lowest BCUT2D eigenvalue weighted by atomic mass is 9.90. The second kappa shape index (κ2) is 12.5. The molecule has 0 spiro atoms. The molecule has 1 fully saturated rings. The predicted molar refractivity (Wildman–Crippen MR) is 136 cm³/mol. The Balaban J connectivity index is 1.80. The van der Waals surface area contributed by atoms with Gasteiger partial charge in [0.2, 0.25) is 5.91 Å². The largest absolute Gasteiger partial charge is 0.497 e. The first-order valence-electron chi connectivity index (χ1n) is 12.2. The van der Waals surface area contributed by atoms with E-state index in [1.807, 2.05) is 42.5 Å². The van der Waals surface area contributed by atoms with E-state index in [9.17, 15) is 19.2 Å². The summed E-state index contributed by atoms with van der Waals surface area (Å²) >= 11 is 0. The average Bonchev–Trinajstić information content (AvgIpc) is 3.66. The maximum Gasteiger partial charge on any atom is 0.407 e. The maximum absolute atomic E-state index is 13.6. The number of ether oxygens (including phenoxy) is 3. The molecule has 1 heterocycles. The third-order valence-corrected chi connectivity index (χ3v) is 6.48. The molecule has 37 heavy (non-hydrogen) atoms. The van der Waals surface area contributed by atoms with Crippen LogP contribution in [0.15, 0.2) is 54.6 Å². The van der Waals surface area contributed by atoms with Crippen LogP contribution in [0.25, 0.3) is 0 Å². The van der Waals surface area contributed by atoms with Crippen molar-refractivity contribution < 1.29 is 33.4 Å². The van der Waals surface area contributed by atoms with E-state index in [4.69, 9.17) is 9.47 Å². The van der Waals surface area contributed by atoms with Gasteiger partial charge in [0.05, 0.1) is 32.9 Å². The summed E-state index contributed by atoms with van der Waals surface area (Å²) in [4.78, 5) is 51.3. The Morgan fingerprint density at radius 1 is 0.946 bits per heavy atom. The molecule has 2 amide bonds. The summed E-state index contributed by atoms with van der Waals surface area (Å²) in [5.41, 5.74) is 0.794. The van der Waals surface area contributed by atoms with E-state index in [1.54, 1.807) is 26.2 Å². The van der Waals surface area contributed by atoms with E-state index in [1.165, 1.54) is 14.0 Å². The average molecular weight is 511 g/mol. The number of epoxide rings is 1. The molecule has 198 valence electrons. The Morgan fingerprint density at radius 3 is 2.14 bits per heavy atom. The monoisotopic (exact) mass is 510 g/mol. The van der Waals surface area contributed by atoms with Gasteiger partial charge in [-0.2, -0.15) is 0 Å². The van der Waals surface area contributed by atoms with E-state index in [0.717, 1.165) is 11.1 Å². The number of methoxy groups -OCH3 is 2. The van der Waals surface area contributed by atoms with E-state index in [-0.39, 0.29) is 24.4 Å². The minimum absolute atomic E-state index is 0.136. The predicted octanol–water partition coefficient (Wildman–Crippen LogP) is 2.64. The van der Waals surface area contributed by atoms with Gasteiger partial charge in [-0.1, -0.05) is 42.5 Å². The van der Waals surface area contributed by atoms with Crippen molar-refractivity contribution in [3.05, 3.63) is 65.7 Å². The SMILES string of the molecule is COC(=O)NC(C)C(=O)CC(Cc1ccc(OC)cc1)C(=O)NC(Cc1ccccc1)C(=O)C1(C)CO1. The van der Waals surface area contributed by atoms with Gasteiger partial charge in [0.25, 0.3) is 0 Å². The molecule has 2 N–H and O–H groups in total. The standard InChI is InChI=1S/C28H34N2O7/c1-18(29-27(34)36-4)24(31)16-21(14-20-10-12-22(35-3)13-11-20)26(33)30-23(25(32)28(2)17-37-28)15-19-8-6-5-7-9-19/h5-13,18,21,23H,14-17H2,1-4H3,(H,29,34)(H,30,33). The zero-order valence-electron chi connectivity index (χ0n) is 21.6. The van der Waals surface area contributed by atoms with Crippen molar-refractivity contribution in [3.63, 3.8) is 0 Å². The molecule has 4 unspecified atom stereocenters. The molecule has 2 aromatic carbocycles. The van der Waals surface area contributed by atoms with Gasteiger partial charge in [0.15, 0.2) is 11.6 Å². The van der Waals surface area contributed by atoms with Crippen LogP contribution in [0.4, 0.5) is 4.79 Å². The van der Waals surface area contributed by atoms with Gasteiger partial charge in [0, 0.05) is 12.3 Å². The molecule has 0 aliphatic carbocycles. The van der Waals surface area contributed by atoms with E-state index < -0.39 is 35.6 Å². The van der Waals surface area contributed by atoms with Gasteiger partial charge in [-0.05, 0) is 49.9 Å². The lowest BCUT2D eigenvalue weighted by Crippen LogP contribution is -2.50. The lowest BCUT2D eigenvalue weighted by molar-refractivity contribution is -0.134. The molecular formula is C28H34N2O7. The molecule has 0 saturated carbocycles. The van der Waals surface area contributed by atoms with E-state index in [0.29, 0.717) is 18.8 Å². The molecule has 2 aromatic rings. The van der Waals surface area contributed by atoms with Gasteiger partial charge in [-0.3, -0.25) is 14.4 Å². The number of hydrogen-bond donors (Lipinski definition) is 2. The highest BCUT2D eigenvalue weighted by Gasteiger charge is 2.50. The molecule has 0 aromatic heterocycles. The summed E-state index contributed by atoms with van der Waals surface area (Å²) in [6, 6.07) is 14.9. The summed E-state index contributed by atoms with van der Waals surface area (Å²) < 4.78 is 15.1. The Labute approximate surface area is 216 Å². The first-order chi connectivity index (χ1) is 17.6. The number of Topliss-reactive ketones (excluding diaryl/α,β-unsaturated/α-hetero) is 2. The third kappa shape index (κ3) is 7.88. The lowest BCUT2D eigenvalue weighted by Gasteiger charge is -2.24. The van der Waals surface area contributed by atoms with Gasteiger partial charge in [-0.15, -0.1) is 0 Å². The normalized spacial score (nSPS) is 18.6. The summed E-state index contributed by atoms with van der Waals surface area (Å²) in [7, 11) is 2.77. The number of hydrogen-bond acceptors (Lipinski definition) is 7. The first-order valence-corrected chi connectivity index (χ1v) is 12.2. The smallest absolute Gasteiger partial charge is 0.407 e. The highest BCUT2D eigenvalue weighted by Crippen LogP contribution is 2.29. The maximum atomic E-state index is 13.6. The highest BCUT2D eigenvalue weighted by molar-refractivity contribution is 5.98. The molecule has 3 rings (SSSR count). The topological polar surface area (TPSA) is 123 Å². The van der Waals surface area contributed by atoms with Crippen LogP contribution in [0.2, 0.25) is 0 Å². The van der Waals surface area contributed by atoms with E-state index in [2.05, 4.69) is 15.4 Å². The fraction of sp³-hybridized carbons (Fsp3) is 0.429. The van der Waals surface area contributed by atoms with Crippen molar-refractivity contribution in [2.24, 2.45) is 5.92 Å². The Hall–Kier alpha value is -3.72. The molecule has 4 atom stereocenters. The number of benzene rings is 2. The molecule has 0 radical (unpaired) electrons. The first kappa shape index (κ1) is 27.9. The molecule has 9 heteroatoms. The van der Waals surface area contributed by atoms with Crippen molar-refractivity contribution in [2.45, 2.75) is 50.8 Å². The van der Waals surface area contributed by atoms with Crippen LogP contribution in [0, 0.1) is 5.92 Å². The quantitative estimate of drug-likeness (QED) is 0.397. The van der Waals surface area contributed by atoms with Crippen molar-refractivity contribution >= 4 is 23.6 Å². The fourth-order valence-corrected chi connectivity index (χ4v) is 4.01. The number of carbonyl (C=O) groups excluding carboxylic acids is 4. The summed E-state index contributed by atoms with van der Waals surface area (Å²) in [6.45, 7) is 3.55. The minimum Gasteiger partial charge on any atom is -0.497 e. The van der Waals surface area contributed by atoms with Crippen LogP contribution in [0.3, 0.4) is 0 Å². The van der Waals surface area contributed by atoms with Crippen molar-refractivity contribution in [2.75, 3.05) is 20.8 Å². The number of ketones is 2. The Morgan fingerprint density at radius 2 is 1.57 bits per heavy atom. The molecular weight excluding hydrogens is 476 g/mol. The molecule has 1 aliphatic heterocycles. The van der Waals surface area contributed by atoms with Crippen molar-refractivity contribution in [1.29, 1.82) is 0 Å². The minimum atomic E-state index is -0.924. The summed E-state index contributed by atoms with van der Waals surface area (Å²) in [6.07, 6.45) is -0.313. The molecule has 9 nitrogen and oxygen atoms in total.